The number of likely N-dealkylation sites (tertiary alicyclic amines) is 1. The highest BCUT2D eigenvalue weighted by Gasteiger charge is 2.37. The third-order valence-electron chi connectivity index (χ3n) is 4.67. The van der Waals surface area contributed by atoms with E-state index in [1.807, 2.05) is 12.1 Å². The van der Waals surface area contributed by atoms with Crippen LogP contribution in [0.25, 0.3) is 11.2 Å². The minimum Gasteiger partial charge on any atom is -0.381 e. The van der Waals surface area contributed by atoms with Crippen molar-refractivity contribution in [3.05, 3.63) is 24.2 Å². The lowest BCUT2D eigenvalue weighted by Crippen LogP contribution is -2.38. The molecule has 2 atom stereocenters. The maximum atomic E-state index is 14.3. The molecular formula is C16H21FN4O2. The molecule has 2 fully saturated rings. The molecule has 2 aliphatic rings. The second-order valence-corrected chi connectivity index (χ2v) is 6.22. The number of aromatic nitrogens is 3. The number of aromatic amines is 1. The molecule has 7 heteroatoms. The van der Waals surface area contributed by atoms with Crippen molar-refractivity contribution in [1.82, 2.24) is 19.9 Å². The zero-order chi connectivity index (χ0) is 15.6. The number of rotatable bonds is 4. The molecule has 23 heavy (non-hydrogen) atoms. The van der Waals surface area contributed by atoms with Crippen LogP contribution >= 0.6 is 0 Å². The monoisotopic (exact) mass is 320 g/mol. The van der Waals surface area contributed by atoms with Crippen LogP contribution in [-0.2, 0) is 16.1 Å². The predicted octanol–water partition coefficient (Wildman–Crippen LogP) is 1.68. The Hall–Kier alpha value is -1.57. The van der Waals surface area contributed by atoms with Gasteiger partial charge in [0.25, 0.3) is 0 Å². The summed E-state index contributed by atoms with van der Waals surface area (Å²) in [6, 6.07) is 4.19. The zero-order valence-electron chi connectivity index (χ0n) is 12.9. The number of nitrogens with one attached hydrogen (secondary N) is 1. The number of halogens is 1. The number of alkyl halides is 1. The molecular weight excluding hydrogens is 299 g/mol. The van der Waals surface area contributed by atoms with Crippen LogP contribution in [0.2, 0.25) is 0 Å². The zero-order valence-corrected chi connectivity index (χ0v) is 12.9. The van der Waals surface area contributed by atoms with Gasteiger partial charge in [-0.05, 0) is 25.0 Å². The van der Waals surface area contributed by atoms with Gasteiger partial charge in [-0.15, -0.1) is 0 Å². The molecule has 0 bridgehead atoms. The van der Waals surface area contributed by atoms with Gasteiger partial charge in [-0.1, -0.05) is 0 Å². The molecule has 0 amide bonds. The fraction of sp³-hybridized carbons (Fsp3) is 0.625. The summed E-state index contributed by atoms with van der Waals surface area (Å²) in [5.74, 6) is 0.690. The number of ether oxygens (including phenoxy) is 2. The minimum atomic E-state index is -0.944. The topological polar surface area (TPSA) is 63.3 Å². The number of fused-ring (bicyclic) bond motifs is 1. The lowest BCUT2D eigenvalue weighted by molar-refractivity contribution is 0.00312. The van der Waals surface area contributed by atoms with Crippen LogP contribution in [0.3, 0.4) is 0 Å². The molecule has 0 radical (unpaired) electrons. The SMILES string of the molecule is F[C@@H]1CN(C2CCOCC2)C[C@@H]1OCc1nc2ncccc2[nH]1. The van der Waals surface area contributed by atoms with Crippen molar-refractivity contribution in [3.8, 4) is 0 Å². The van der Waals surface area contributed by atoms with Gasteiger partial charge in [-0.2, -0.15) is 0 Å². The van der Waals surface area contributed by atoms with Gasteiger partial charge < -0.3 is 14.5 Å². The van der Waals surface area contributed by atoms with E-state index in [-0.39, 0.29) is 12.7 Å². The second-order valence-electron chi connectivity index (χ2n) is 6.22. The summed E-state index contributed by atoms with van der Waals surface area (Å²) in [6.45, 7) is 2.93. The highest BCUT2D eigenvalue weighted by Crippen LogP contribution is 2.24. The molecule has 2 aliphatic heterocycles. The highest BCUT2D eigenvalue weighted by atomic mass is 19.1. The summed E-state index contributed by atoms with van der Waals surface area (Å²) in [5, 5.41) is 0. The smallest absolute Gasteiger partial charge is 0.177 e. The van der Waals surface area contributed by atoms with Gasteiger partial charge in [0.1, 0.15) is 24.7 Å². The number of hydrogen-bond donors (Lipinski definition) is 1. The normalized spacial score (nSPS) is 27.0. The quantitative estimate of drug-likeness (QED) is 0.928. The summed E-state index contributed by atoms with van der Waals surface area (Å²) < 4.78 is 25.4. The fourth-order valence-corrected chi connectivity index (χ4v) is 3.42. The standard InChI is InChI=1S/C16H21FN4O2/c17-12-8-21(11-3-6-22-7-4-11)9-14(12)23-10-15-19-13-2-1-5-18-16(13)20-15/h1-2,5,11-12,14H,3-4,6-10H2,(H,18,19,20)/t12-,14+/m1/s1. The molecule has 4 rings (SSSR count). The first kappa shape index (κ1) is 15.0. The second kappa shape index (κ2) is 6.51. The van der Waals surface area contributed by atoms with E-state index in [0.29, 0.717) is 30.6 Å². The Morgan fingerprint density at radius 1 is 1.35 bits per heavy atom. The van der Waals surface area contributed by atoms with Gasteiger partial charge in [0.2, 0.25) is 0 Å². The van der Waals surface area contributed by atoms with Crippen LogP contribution in [0, 0.1) is 0 Å². The Balaban J connectivity index is 1.35. The van der Waals surface area contributed by atoms with Crippen LogP contribution in [0.15, 0.2) is 18.3 Å². The molecule has 2 saturated heterocycles. The van der Waals surface area contributed by atoms with Gasteiger partial charge in [0.05, 0.1) is 5.52 Å². The van der Waals surface area contributed by atoms with Crippen molar-refractivity contribution in [2.75, 3.05) is 26.3 Å². The minimum absolute atomic E-state index is 0.281. The van der Waals surface area contributed by atoms with E-state index in [2.05, 4.69) is 19.9 Å². The summed E-state index contributed by atoms with van der Waals surface area (Å²) in [7, 11) is 0. The van der Waals surface area contributed by atoms with E-state index >= 15 is 0 Å². The number of hydrogen-bond acceptors (Lipinski definition) is 5. The number of nitrogens with zero attached hydrogens (tertiary/aromatic N) is 3. The molecule has 4 heterocycles. The average Bonchev–Trinajstić information content (AvgIpc) is 3.16. The van der Waals surface area contributed by atoms with Gasteiger partial charge in [-0.3, -0.25) is 4.90 Å². The molecule has 1 N–H and O–H groups in total. The van der Waals surface area contributed by atoms with Crippen LogP contribution in [0.1, 0.15) is 18.7 Å². The van der Waals surface area contributed by atoms with Crippen molar-refractivity contribution in [1.29, 1.82) is 0 Å². The molecule has 6 nitrogen and oxygen atoms in total. The van der Waals surface area contributed by atoms with E-state index in [1.165, 1.54) is 0 Å². The molecule has 0 aliphatic carbocycles. The van der Waals surface area contributed by atoms with E-state index < -0.39 is 6.17 Å². The third kappa shape index (κ3) is 3.22. The Labute approximate surface area is 134 Å². The molecule has 2 aromatic heterocycles. The van der Waals surface area contributed by atoms with Gasteiger partial charge in [-0.25, -0.2) is 14.4 Å². The first-order chi connectivity index (χ1) is 11.3. The van der Waals surface area contributed by atoms with E-state index in [1.54, 1.807) is 6.20 Å². The fourth-order valence-electron chi connectivity index (χ4n) is 3.42. The number of pyridine rings is 1. The summed E-state index contributed by atoms with van der Waals surface area (Å²) in [6.07, 6.45) is 2.33. The van der Waals surface area contributed by atoms with Gasteiger partial charge in [0, 0.05) is 38.5 Å². The van der Waals surface area contributed by atoms with Crippen LogP contribution < -0.4 is 0 Å². The molecule has 0 spiro atoms. The number of H-pyrrole nitrogens is 1. The predicted molar refractivity (Wildman–Crippen MR) is 82.8 cm³/mol. The summed E-state index contributed by atoms with van der Waals surface area (Å²) >= 11 is 0. The van der Waals surface area contributed by atoms with Gasteiger partial charge in [0.15, 0.2) is 5.65 Å². The Kier molecular flexibility index (Phi) is 4.24. The molecule has 0 unspecified atom stereocenters. The molecule has 0 aromatic carbocycles. The van der Waals surface area contributed by atoms with Crippen LogP contribution in [0.5, 0.6) is 0 Å². The lowest BCUT2D eigenvalue weighted by atomic mass is 10.1. The van der Waals surface area contributed by atoms with Crippen molar-refractivity contribution in [2.24, 2.45) is 0 Å². The van der Waals surface area contributed by atoms with Crippen molar-refractivity contribution in [2.45, 2.75) is 37.8 Å². The van der Waals surface area contributed by atoms with Crippen molar-refractivity contribution >= 4 is 11.2 Å². The third-order valence-corrected chi connectivity index (χ3v) is 4.67. The Bertz CT molecular complexity index is 625. The van der Waals surface area contributed by atoms with E-state index in [0.717, 1.165) is 31.6 Å². The molecule has 124 valence electrons. The van der Waals surface area contributed by atoms with Crippen LogP contribution in [-0.4, -0.2) is 64.5 Å². The highest BCUT2D eigenvalue weighted by molar-refractivity contribution is 5.69. The molecule has 2 aromatic rings. The van der Waals surface area contributed by atoms with E-state index in [4.69, 9.17) is 9.47 Å². The van der Waals surface area contributed by atoms with Crippen molar-refractivity contribution in [3.63, 3.8) is 0 Å². The summed E-state index contributed by atoms with van der Waals surface area (Å²) in [5.41, 5.74) is 1.54. The van der Waals surface area contributed by atoms with Gasteiger partial charge >= 0.3 is 0 Å². The average molecular weight is 320 g/mol. The maximum absolute atomic E-state index is 14.3. The van der Waals surface area contributed by atoms with Crippen molar-refractivity contribution < 1.29 is 13.9 Å². The summed E-state index contributed by atoms with van der Waals surface area (Å²) in [4.78, 5) is 13.9. The molecule has 0 saturated carbocycles. The first-order valence-corrected chi connectivity index (χ1v) is 8.16. The first-order valence-electron chi connectivity index (χ1n) is 8.16. The largest absolute Gasteiger partial charge is 0.381 e. The maximum Gasteiger partial charge on any atom is 0.177 e. The van der Waals surface area contributed by atoms with E-state index in [9.17, 15) is 4.39 Å². The Morgan fingerprint density at radius 3 is 3.04 bits per heavy atom. The lowest BCUT2D eigenvalue weighted by Gasteiger charge is -2.30. The Morgan fingerprint density at radius 2 is 2.22 bits per heavy atom. The number of imidazole rings is 1. The van der Waals surface area contributed by atoms with Crippen LogP contribution in [0.4, 0.5) is 4.39 Å².